The number of methoxy groups -OCH3 is 2. The van der Waals surface area contributed by atoms with Crippen LogP contribution >= 0.6 is 0 Å². The van der Waals surface area contributed by atoms with E-state index >= 15 is 0 Å². The van der Waals surface area contributed by atoms with Crippen molar-refractivity contribution in [3.63, 3.8) is 0 Å². The van der Waals surface area contributed by atoms with Gasteiger partial charge >= 0.3 is 12.2 Å². The van der Waals surface area contributed by atoms with Gasteiger partial charge < -0.3 is 49.3 Å². The maximum atomic E-state index is 13.9. The number of amides is 4. The van der Waals surface area contributed by atoms with Crippen LogP contribution in [0.2, 0.25) is 0 Å². The molecule has 4 amide bonds. The molecule has 0 spiro atoms. The molecule has 2 aromatic heterocycles. The smallest absolute Gasteiger partial charge is 0.407 e. The predicted octanol–water partition coefficient (Wildman–Crippen LogP) is 6.78. The van der Waals surface area contributed by atoms with Crippen molar-refractivity contribution in [3.8, 4) is 45.1 Å². The Balaban J connectivity index is 1.03. The third-order valence-corrected chi connectivity index (χ3v) is 12.5. The summed E-state index contributed by atoms with van der Waals surface area (Å²) >= 11 is 0. The zero-order chi connectivity index (χ0) is 42.6. The van der Waals surface area contributed by atoms with E-state index in [4.69, 9.17) is 28.9 Å². The van der Waals surface area contributed by atoms with Crippen LogP contribution in [-0.2, 0) is 32.3 Å². The highest BCUT2D eigenvalue weighted by atomic mass is 16.5. The first-order valence-electron chi connectivity index (χ1n) is 20.8. The average molecular weight is 823 g/mol. The van der Waals surface area contributed by atoms with Crippen LogP contribution in [0, 0.1) is 11.8 Å². The van der Waals surface area contributed by atoms with Gasteiger partial charge in [-0.25, -0.2) is 19.6 Å². The van der Waals surface area contributed by atoms with Gasteiger partial charge in [0, 0.05) is 45.5 Å². The standard InChI is InChI=1S/C44H54N8O8/c1-21(2)37(49-43(55)57-7)41(53)51-23(5)9-11-31(51)39-45-17-29(47-39)25-13-27-19-60-34-16-26(14-28-20-59-33(15-25)35(27)36(28)34)30-18-46-40(48-30)32-12-10-24(6)52(32)42(54)38(22(3)4)50-44(56)58-8/h13-18,21-24,31-32,37-38H,9-12,19-20H2,1-8H3,(H,45,47)(H,46,48)(H,49,55)(H,50,56)/t23-,24-,31-,32-,37-,38?/m0/s1. The number of nitrogens with zero attached hydrogens (tertiary/aromatic N) is 4. The van der Waals surface area contributed by atoms with Crippen molar-refractivity contribution in [2.24, 2.45) is 11.8 Å². The molecule has 318 valence electrons. The lowest BCUT2D eigenvalue weighted by Gasteiger charge is -2.33. The Hall–Kier alpha value is -6.06. The molecule has 6 atom stereocenters. The molecular formula is C44H54N8O8. The fourth-order valence-electron chi connectivity index (χ4n) is 9.26. The first-order chi connectivity index (χ1) is 28.8. The van der Waals surface area contributed by atoms with E-state index in [1.165, 1.54) is 14.2 Å². The molecule has 4 aromatic rings. The molecule has 2 fully saturated rings. The molecule has 60 heavy (non-hydrogen) atoms. The summed E-state index contributed by atoms with van der Waals surface area (Å²) in [4.78, 5) is 72.2. The van der Waals surface area contributed by atoms with Gasteiger partial charge in [-0.15, -0.1) is 0 Å². The van der Waals surface area contributed by atoms with Crippen molar-refractivity contribution >= 4 is 24.0 Å². The molecule has 0 aliphatic carbocycles. The van der Waals surface area contributed by atoms with Crippen LogP contribution < -0.4 is 20.1 Å². The van der Waals surface area contributed by atoms with Crippen LogP contribution in [0.25, 0.3) is 33.6 Å². The summed E-state index contributed by atoms with van der Waals surface area (Å²) in [5, 5.41) is 5.44. The number of alkyl carbamates (subject to hydrolysis) is 2. The molecule has 8 rings (SSSR count). The SMILES string of the molecule is COC(=O)NC(C(=O)N1[C@@H](C)CC[C@H]1c1ncc(-c2cc3c4c(c2)OCc2cc(-c5cnc([C@@H]6CC[C@H](C)N6C(=O)[C@@H](NC(=O)OC)C(C)C)[nH]5)cc(c2-4)OC3)[nH]1)C(C)C. The van der Waals surface area contributed by atoms with Crippen molar-refractivity contribution in [3.05, 3.63) is 59.4 Å². The predicted molar refractivity (Wildman–Crippen MR) is 221 cm³/mol. The number of carbonyl (C=O) groups is 4. The van der Waals surface area contributed by atoms with Gasteiger partial charge in [0.25, 0.3) is 0 Å². The van der Waals surface area contributed by atoms with Crippen LogP contribution in [0.4, 0.5) is 9.59 Å². The maximum absolute atomic E-state index is 13.9. The van der Waals surface area contributed by atoms with E-state index in [2.05, 4.69) is 32.7 Å². The zero-order valence-corrected chi connectivity index (χ0v) is 35.4. The molecule has 4 aliphatic rings. The van der Waals surface area contributed by atoms with Crippen LogP contribution in [0.3, 0.4) is 0 Å². The minimum Gasteiger partial charge on any atom is -0.488 e. The number of imidazole rings is 2. The van der Waals surface area contributed by atoms with Crippen molar-refractivity contribution in [1.82, 2.24) is 40.4 Å². The van der Waals surface area contributed by atoms with Crippen molar-refractivity contribution in [2.75, 3.05) is 14.2 Å². The monoisotopic (exact) mass is 822 g/mol. The van der Waals surface area contributed by atoms with Crippen LogP contribution in [0.1, 0.15) is 102 Å². The fourth-order valence-corrected chi connectivity index (χ4v) is 9.26. The molecule has 4 aliphatic heterocycles. The van der Waals surface area contributed by atoms with Crippen LogP contribution in [0.15, 0.2) is 36.7 Å². The molecule has 16 heteroatoms. The largest absolute Gasteiger partial charge is 0.488 e. The quantitative estimate of drug-likeness (QED) is 0.133. The fraction of sp³-hybridized carbons (Fsp3) is 0.500. The van der Waals surface area contributed by atoms with E-state index in [0.717, 1.165) is 82.0 Å². The number of rotatable bonds is 10. The third-order valence-electron chi connectivity index (χ3n) is 12.5. The summed E-state index contributed by atoms with van der Waals surface area (Å²) in [6.07, 6.45) is 5.41. The van der Waals surface area contributed by atoms with Gasteiger partial charge in [0.15, 0.2) is 0 Å². The van der Waals surface area contributed by atoms with Gasteiger partial charge in [0.1, 0.15) is 48.4 Å². The van der Waals surface area contributed by atoms with E-state index in [0.29, 0.717) is 24.9 Å². The highest BCUT2D eigenvalue weighted by Gasteiger charge is 2.43. The second-order valence-corrected chi connectivity index (χ2v) is 17.0. The summed E-state index contributed by atoms with van der Waals surface area (Å²) in [5.74, 6) is 2.29. The first-order valence-corrected chi connectivity index (χ1v) is 20.8. The highest BCUT2D eigenvalue weighted by Crippen LogP contribution is 2.51. The van der Waals surface area contributed by atoms with E-state index < -0.39 is 24.3 Å². The lowest BCUT2D eigenvalue weighted by Crippen LogP contribution is -2.52. The minimum atomic E-state index is -0.729. The van der Waals surface area contributed by atoms with E-state index in [1.807, 2.05) is 63.5 Å². The number of likely N-dealkylation sites (tertiary alicyclic amines) is 2. The molecule has 0 radical (unpaired) electrons. The number of carbonyl (C=O) groups excluding carboxylic acids is 4. The molecule has 1 unspecified atom stereocenters. The van der Waals surface area contributed by atoms with Gasteiger partial charge in [-0.1, -0.05) is 27.7 Å². The maximum Gasteiger partial charge on any atom is 0.407 e. The highest BCUT2D eigenvalue weighted by molar-refractivity contribution is 5.89. The normalized spacial score (nSPS) is 21.2. The Kier molecular flexibility index (Phi) is 11.0. The second kappa shape index (κ2) is 16.2. The van der Waals surface area contributed by atoms with E-state index in [1.54, 1.807) is 12.4 Å². The summed E-state index contributed by atoms with van der Waals surface area (Å²) in [7, 11) is 2.58. The number of H-pyrrole nitrogens is 2. The molecule has 0 saturated carbocycles. The van der Waals surface area contributed by atoms with Crippen LogP contribution in [-0.4, -0.2) is 92.1 Å². The molecule has 16 nitrogen and oxygen atoms in total. The lowest BCUT2D eigenvalue weighted by molar-refractivity contribution is -0.138. The number of hydrogen-bond acceptors (Lipinski definition) is 10. The summed E-state index contributed by atoms with van der Waals surface area (Å²) in [6.45, 7) is 12.3. The number of benzene rings is 2. The van der Waals surface area contributed by atoms with Crippen molar-refractivity contribution in [2.45, 2.75) is 117 Å². The lowest BCUT2D eigenvalue weighted by atomic mass is 9.87. The molecular weight excluding hydrogens is 769 g/mol. The van der Waals surface area contributed by atoms with Crippen molar-refractivity contribution in [1.29, 1.82) is 0 Å². The summed E-state index contributed by atoms with van der Waals surface area (Å²) in [5.41, 5.74) is 7.38. The van der Waals surface area contributed by atoms with E-state index in [-0.39, 0.29) is 47.8 Å². The van der Waals surface area contributed by atoms with Crippen molar-refractivity contribution < 1.29 is 38.1 Å². The Bertz CT molecular complexity index is 2110. The number of nitrogens with one attached hydrogen (secondary N) is 4. The Morgan fingerprint density at radius 2 is 1.07 bits per heavy atom. The van der Waals surface area contributed by atoms with Gasteiger partial charge in [0.2, 0.25) is 11.8 Å². The number of hydrogen-bond donors (Lipinski definition) is 4. The molecule has 6 heterocycles. The minimum absolute atomic E-state index is 0.0291. The molecule has 4 N–H and O–H groups in total. The van der Waals surface area contributed by atoms with Crippen LogP contribution in [0.5, 0.6) is 11.5 Å². The topological polar surface area (TPSA) is 193 Å². The van der Waals surface area contributed by atoms with Gasteiger partial charge in [-0.3, -0.25) is 9.59 Å². The zero-order valence-electron chi connectivity index (χ0n) is 35.4. The van der Waals surface area contributed by atoms with Gasteiger partial charge in [-0.2, -0.15) is 0 Å². The Morgan fingerprint density at radius 3 is 1.43 bits per heavy atom. The third kappa shape index (κ3) is 7.29. The average Bonchev–Trinajstić information content (AvgIpc) is 4.06. The molecule has 2 saturated heterocycles. The summed E-state index contributed by atoms with van der Waals surface area (Å²) in [6, 6.07) is 6.18. The second-order valence-electron chi connectivity index (χ2n) is 17.0. The first kappa shape index (κ1) is 40.7. The molecule has 2 aromatic carbocycles. The summed E-state index contributed by atoms with van der Waals surface area (Å²) < 4.78 is 22.5. The van der Waals surface area contributed by atoms with E-state index in [9.17, 15) is 19.2 Å². The Labute approximate surface area is 349 Å². The Morgan fingerprint density at radius 1 is 0.667 bits per heavy atom. The number of ether oxygens (including phenoxy) is 4. The molecule has 0 bridgehead atoms. The number of aromatic amines is 2. The van der Waals surface area contributed by atoms with Gasteiger partial charge in [0.05, 0.1) is 50.1 Å². The number of aromatic nitrogens is 4. The van der Waals surface area contributed by atoms with Gasteiger partial charge in [-0.05, 0) is 75.6 Å².